The van der Waals surface area contributed by atoms with Gasteiger partial charge in [0.05, 0.1) is 11.4 Å². The summed E-state index contributed by atoms with van der Waals surface area (Å²) in [5, 5.41) is 14.4. The van der Waals surface area contributed by atoms with E-state index in [0.29, 0.717) is 23.6 Å². The van der Waals surface area contributed by atoms with Gasteiger partial charge in [0.2, 0.25) is 0 Å². The lowest BCUT2D eigenvalue weighted by Gasteiger charge is -2.32. The average Bonchev–Trinajstić information content (AvgIpc) is 2.94. The van der Waals surface area contributed by atoms with Crippen LogP contribution in [0.1, 0.15) is 33.1 Å². The first kappa shape index (κ1) is 14.0. The van der Waals surface area contributed by atoms with E-state index in [1.54, 1.807) is 12.1 Å². The standard InChI is InChI=1S/C15H20FN5/c1-10-5-11(2)7-12(6-10)18-15-8-13(3-4-14(15)16)21-9-17-19-20-21/h3-4,8-12,18H,5-7H2,1-2H3. The number of anilines is 1. The molecule has 2 unspecified atom stereocenters. The number of rotatable bonds is 3. The predicted molar refractivity (Wildman–Crippen MR) is 78.7 cm³/mol. The van der Waals surface area contributed by atoms with E-state index in [0.717, 1.165) is 18.5 Å². The van der Waals surface area contributed by atoms with Crippen LogP contribution in [0.4, 0.5) is 10.1 Å². The van der Waals surface area contributed by atoms with Gasteiger partial charge in [0, 0.05) is 6.04 Å². The van der Waals surface area contributed by atoms with E-state index in [2.05, 4.69) is 34.7 Å². The summed E-state index contributed by atoms with van der Waals surface area (Å²) in [6, 6.07) is 5.20. The summed E-state index contributed by atoms with van der Waals surface area (Å²) >= 11 is 0. The molecule has 1 fully saturated rings. The number of hydrogen-bond donors (Lipinski definition) is 1. The smallest absolute Gasteiger partial charge is 0.146 e. The summed E-state index contributed by atoms with van der Waals surface area (Å²) in [6.45, 7) is 4.52. The monoisotopic (exact) mass is 289 g/mol. The molecule has 0 aliphatic heterocycles. The normalized spacial score (nSPS) is 25.8. The summed E-state index contributed by atoms with van der Waals surface area (Å²) in [5.74, 6) is 1.12. The molecule has 1 saturated carbocycles. The van der Waals surface area contributed by atoms with Crippen molar-refractivity contribution in [3.8, 4) is 5.69 Å². The SMILES string of the molecule is CC1CC(C)CC(Nc2cc(-n3cnnn3)ccc2F)C1. The second-order valence-corrected chi connectivity index (χ2v) is 6.18. The summed E-state index contributed by atoms with van der Waals surface area (Å²) in [4.78, 5) is 0. The number of nitrogens with one attached hydrogen (secondary N) is 1. The van der Waals surface area contributed by atoms with Gasteiger partial charge in [-0.3, -0.25) is 0 Å². The molecule has 2 aromatic rings. The number of hydrogen-bond acceptors (Lipinski definition) is 4. The maximum absolute atomic E-state index is 14.0. The first-order valence-electron chi connectivity index (χ1n) is 7.41. The minimum Gasteiger partial charge on any atom is -0.380 e. The van der Waals surface area contributed by atoms with Crippen molar-refractivity contribution in [2.45, 2.75) is 39.2 Å². The number of tetrazole rings is 1. The number of nitrogens with zero attached hydrogens (tertiary/aromatic N) is 4. The van der Waals surface area contributed by atoms with Crippen molar-refractivity contribution in [2.24, 2.45) is 11.8 Å². The summed E-state index contributed by atoms with van der Waals surface area (Å²) in [5.41, 5.74) is 1.27. The molecular weight excluding hydrogens is 269 g/mol. The molecule has 0 spiro atoms. The van der Waals surface area contributed by atoms with Crippen LogP contribution in [-0.4, -0.2) is 26.2 Å². The lowest BCUT2D eigenvalue weighted by atomic mass is 9.80. The van der Waals surface area contributed by atoms with Crippen molar-refractivity contribution in [1.82, 2.24) is 20.2 Å². The van der Waals surface area contributed by atoms with Gasteiger partial charge in [-0.25, -0.2) is 9.07 Å². The van der Waals surface area contributed by atoms with Gasteiger partial charge in [0.15, 0.2) is 0 Å². The lowest BCUT2D eigenvalue weighted by molar-refractivity contribution is 0.280. The Kier molecular flexibility index (Phi) is 3.86. The molecule has 1 aromatic carbocycles. The molecule has 6 heteroatoms. The van der Waals surface area contributed by atoms with Crippen LogP contribution >= 0.6 is 0 Å². The first-order valence-corrected chi connectivity index (χ1v) is 7.41. The number of halogens is 1. The zero-order chi connectivity index (χ0) is 14.8. The van der Waals surface area contributed by atoms with Gasteiger partial charge in [-0.15, -0.1) is 5.10 Å². The highest BCUT2D eigenvalue weighted by Gasteiger charge is 2.24. The Bertz CT molecular complexity index is 588. The summed E-state index contributed by atoms with van der Waals surface area (Å²) in [7, 11) is 0. The third-order valence-corrected chi connectivity index (χ3v) is 4.10. The molecule has 112 valence electrons. The molecule has 1 aliphatic carbocycles. The molecule has 0 saturated heterocycles. The van der Waals surface area contributed by atoms with Crippen LogP contribution in [0.5, 0.6) is 0 Å². The van der Waals surface area contributed by atoms with Crippen molar-refractivity contribution in [1.29, 1.82) is 0 Å². The van der Waals surface area contributed by atoms with Gasteiger partial charge in [0.25, 0.3) is 0 Å². The zero-order valence-electron chi connectivity index (χ0n) is 12.3. The molecule has 2 atom stereocenters. The summed E-state index contributed by atoms with van der Waals surface area (Å²) < 4.78 is 15.6. The lowest BCUT2D eigenvalue weighted by Crippen LogP contribution is -2.30. The van der Waals surface area contributed by atoms with Crippen molar-refractivity contribution >= 4 is 5.69 Å². The molecule has 3 rings (SSSR count). The van der Waals surface area contributed by atoms with Crippen molar-refractivity contribution in [3.63, 3.8) is 0 Å². The Balaban J connectivity index is 1.80. The van der Waals surface area contributed by atoms with Crippen LogP contribution in [0, 0.1) is 17.7 Å². The Hall–Kier alpha value is -1.98. The van der Waals surface area contributed by atoms with Gasteiger partial charge in [-0.1, -0.05) is 13.8 Å². The highest BCUT2D eigenvalue weighted by molar-refractivity contribution is 5.52. The molecular formula is C15H20FN5. The van der Waals surface area contributed by atoms with Crippen LogP contribution in [-0.2, 0) is 0 Å². The van der Waals surface area contributed by atoms with Crippen LogP contribution in [0.15, 0.2) is 24.5 Å². The van der Waals surface area contributed by atoms with Gasteiger partial charge < -0.3 is 5.32 Å². The van der Waals surface area contributed by atoms with E-state index in [-0.39, 0.29) is 5.82 Å². The largest absolute Gasteiger partial charge is 0.380 e. The predicted octanol–water partition coefficient (Wildman–Crippen LogP) is 3.04. The Labute approximate surface area is 123 Å². The van der Waals surface area contributed by atoms with Crippen LogP contribution < -0.4 is 5.32 Å². The maximum atomic E-state index is 14.0. The third kappa shape index (κ3) is 3.20. The second-order valence-electron chi connectivity index (χ2n) is 6.18. The minimum atomic E-state index is -0.238. The van der Waals surface area contributed by atoms with E-state index in [1.807, 2.05) is 0 Å². The molecule has 0 bridgehead atoms. The molecule has 1 aromatic heterocycles. The fourth-order valence-corrected chi connectivity index (χ4v) is 3.33. The first-order chi connectivity index (χ1) is 10.1. The molecule has 1 aliphatic rings. The number of benzene rings is 1. The van der Waals surface area contributed by atoms with Crippen LogP contribution in [0.2, 0.25) is 0 Å². The topological polar surface area (TPSA) is 55.6 Å². The molecule has 5 nitrogen and oxygen atoms in total. The molecule has 0 amide bonds. The molecule has 1 heterocycles. The van der Waals surface area contributed by atoms with Crippen LogP contribution in [0.25, 0.3) is 5.69 Å². The average molecular weight is 289 g/mol. The van der Waals surface area contributed by atoms with Gasteiger partial charge in [0.1, 0.15) is 12.1 Å². The van der Waals surface area contributed by atoms with E-state index in [4.69, 9.17) is 0 Å². The maximum Gasteiger partial charge on any atom is 0.146 e. The third-order valence-electron chi connectivity index (χ3n) is 4.10. The van der Waals surface area contributed by atoms with Crippen molar-refractivity contribution in [2.75, 3.05) is 5.32 Å². The Morgan fingerprint density at radius 2 is 1.95 bits per heavy atom. The van der Waals surface area contributed by atoms with E-state index in [9.17, 15) is 4.39 Å². The van der Waals surface area contributed by atoms with Gasteiger partial charge in [-0.05, 0) is 59.7 Å². The second kappa shape index (κ2) is 5.79. The number of aromatic nitrogens is 4. The van der Waals surface area contributed by atoms with E-state index in [1.165, 1.54) is 23.5 Å². The quantitative estimate of drug-likeness (QED) is 0.943. The fourth-order valence-electron chi connectivity index (χ4n) is 3.33. The van der Waals surface area contributed by atoms with E-state index >= 15 is 0 Å². The molecule has 21 heavy (non-hydrogen) atoms. The van der Waals surface area contributed by atoms with Gasteiger partial charge >= 0.3 is 0 Å². The Morgan fingerprint density at radius 3 is 2.62 bits per heavy atom. The molecule has 0 radical (unpaired) electrons. The van der Waals surface area contributed by atoms with Crippen LogP contribution in [0.3, 0.4) is 0 Å². The molecule has 1 N–H and O–H groups in total. The minimum absolute atomic E-state index is 0.238. The highest BCUT2D eigenvalue weighted by Crippen LogP contribution is 2.31. The van der Waals surface area contributed by atoms with Crippen molar-refractivity contribution in [3.05, 3.63) is 30.3 Å². The van der Waals surface area contributed by atoms with Crippen molar-refractivity contribution < 1.29 is 4.39 Å². The van der Waals surface area contributed by atoms with E-state index < -0.39 is 0 Å². The van der Waals surface area contributed by atoms with Gasteiger partial charge in [-0.2, -0.15) is 0 Å². The Morgan fingerprint density at radius 1 is 1.19 bits per heavy atom. The summed E-state index contributed by atoms with van der Waals surface area (Å²) in [6.07, 6.45) is 4.92. The fraction of sp³-hybridized carbons (Fsp3) is 0.533. The highest BCUT2D eigenvalue weighted by atomic mass is 19.1. The zero-order valence-corrected chi connectivity index (χ0v) is 12.3.